The molecule has 0 aliphatic carbocycles. The van der Waals surface area contributed by atoms with E-state index in [-0.39, 0.29) is 0 Å². The summed E-state index contributed by atoms with van der Waals surface area (Å²) in [4.78, 5) is 4.63. The second-order valence-corrected chi connectivity index (χ2v) is 5.70. The normalized spacial score (nSPS) is 10.6. The first-order valence-corrected chi connectivity index (χ1v) is 7.88. The number of para-hydroxylation sites is 1. The minimum absolute atomic E-state index is 0.585. The molecular formula is C16H12N6S. The molecule has 6 nitrogen and oxygen atoms in total. The highest BCUT2D eigenvalue weighted by atomic mass is 32.1. The van der Waals surface area contributed by atoms with Crippen LogP contribution in [0.15, 0.2) is 60.0 Å². The first kappa shape index (κ1) is 13.6. The molecule has 2 N–H and O–H groups in total. The maximum Gasteiger partial charge on any atom is 0.204 e. The number of hydrogen-bond acceptors (Lipinski definition) is 6. The molecule has 0 unspecified atom stereocenters. The molecule has 112 valence electrons. The number of aromatic amines is 1. The Morgan fingerprint density at radius 3 is 2.43 bits per heavy atom. The first-order chi connectivity index (χ1) is 11.4. The molecule has 0 fully saturated rings. The van der Waals surface area contributed by atoms with Gasteiger partial charge in [0.1, 0.15) is 0 Å². The Morgan fingerprint density at radius 1 is 0.913 bits per heavy atom. The van der Waals surface area contributed by atoms with Crippen LogP contribution in [0.25, 0.3) is 22.6 Å². The quantitative estimate of drug-likeness (QED) is 0.599. The van der Waals surface area contributed by atoms with Crippen LogP contribution in [0.1, 0.15) is 0 Å². The fourth-order valence-corrected chi connectivity index (χ4v) is 2.92. The first-order valence-electron chi connectivity index (χ1n) is 7.00. The summed E-state index contributed by atoms with van der Waals surface area (Å²) < 4.78 is 0. The summed E-state index contributed by atoms with van der Waals surface area (Å²) in [6.45, 7) is 0. The van der Waals surface area contributed by atoms with E-state index >= 15 is 0 Å². The van der Waals surface area contributed by atoms with Crippen LogP contribution < -0.4 is 5.32 Å². The number of anilines is 2. The van der Waals surface area contributed by atoms with Crippen molar-refractivity contribution in [3.63, 3.8) is 0 Å². The maximum atomic E-state index is 4.63. The van der Waals surface area contributed by atoms with Gasteiger partial charge in [-0.15, -0.1) is 21.5 Å². The van der Waals surface area contributed by atoms with Gasteiger partial charge in [0.05, 0.1) is 5.69 Å². The number of rotatable bonds is 4. The van der Waals surface area contributed by atoms with E-state index in [1.807, 2.05) is 60.0 Å². The van der Waals surface area contributed by atoms with Crippen molar-refractivity contribution >= 4 is 22.2 Å². The average molecular weight is 320 g/mol. The number of aromatic nitrogens is 5. The van der Waals surface area contributed by atoms with Crippen molar-refractivity contribution in [3.8, 4) is 22.6 Å². The van der Waals surface area contributed by atoms with Gasteiger partial charge in [0.25, 0.3) is 0 Å². The largest absolute Gasteiger partial charge is 0.332 e. The molecule has 7 heteroatoms. The lowest BCUT2D eigenvalue weighted by Crippen LogP contribution is -1.88. The zero-order valence-corrected chi connectivity index (χ0v) is 12.8. The number of thiazole rings is 1. The fourth-order valence-electron chi connectivity index (χ4n) is 2.18. The summed E-state index contributed by atoms with van der Waals surface area (Å²) >= 11 is 1.58. The van der Waals surface area contributed by atoms with Gasteiger partial charge in [0, 0.05) is 22.2 Å². The van der Waals surface area contributed by atoms with E-state index in [1.165, 1.54) is 0 Å². The average Bonchev–Trinajstić information content (AvgIpc) is 3.28. The third-order valence-corrected chi connectivity index (χ3v) is 4.07. The minimum Gasteiger partial charge on any atom is -0.332 e. The van der Waals surface area contributed by atoms with Gasteiger partial charge in [-0.2, -0.15) is 5.21 Å². The molecule has 0 spiro atoms. The van der Waals surface area contributed by atoms with Crippen molar-refractivity contribution in [2.45, 2.75) is 0 Å². The second-order valence-electron chi connectivity index (χ2n) is 4.84. The van der Waals surface area contributed by atoms with Crippen molar-refractivity contribution in [2.75, 3.05) is 5.32 Å². The Hall–Kier alpha value is -3.06. The lowest BCUT2D eigenvalue weighted by molar-refractivity contribution is 0.881. The Kier molecular flexibility index (Phi) is 3.53. The van der Waals surface area contributed by atoms with E-state index in [9.17, 15) is 0 Å². The predicted octanol–water partition coefficient (Wildman–Crippen LogP) is 3.73. The van der Waals surface area contributed by atoms with Crippen LogP contribution in [0, 0.1) is 0 Å². The van der Waals surface area contributed by atoms with Crippen LogP contribution in [0.3, 0.4) is 0 Å². The molecule has 0 amide bonds. The van der Waals surface area contributed by atoms with Crippen LogP contribution in [0.5, 0.6) is 0 Å². The lowest BCUT2D eigenvalue weighted by Gasteiger charge is -2.01. The zero-order valence-electron chi connectivity index (χ0n) is 12.0. The van der Waals surface area contributed by atoms with Gasteiger partial charge in [0.2, 0.25) is 5.82 Å². The third kappa shape index (κ3) is 2.95. The molecule has 2 heterocycles. The summed E-state index contributed by atoms with van der Waals surface area (Å²) in [7, 11) is 0. The number of hydrogen-bond donors (Lipinski definition) is 2. The second kappa shape index (κ2) is 5.98. The highest BCUT2D eigenvalue weighted by Gasteiger charge is 2.07. The Labute approximate surface area is 136 Å². The van der Waals surface area contributed by atoms with E-state index in [2.05, 4.69) is 30.9 Å². The maximum absolute atomic E-state index is 4.63. The van der Waals surface area contributed by atoms with E-state index in [4.69, 9.17) is 0 Å². The van der Waals surface area contributed by atoms with Crippen molar-refractivity contribution in [1.82, 2.24) is 25.6 Å². The molecule has 0 aliphatic heterocycles. The number of nitrogens with one attached hydrogen (secondary N) is 2. The van der Waals surface area contributed by atoms with Crippen LogP contribution in [-0.2, 0) is 0 Å². The molecule has 4 aromatic rings. The van der Waals surface area contributed by atoms with Gasteiger partial charge in [-0.1, -0.05) is 42.5 Å². The lowest BCUT2D eigenvalue weighted by atomic mass is 10.1. The minimum atomic E-state index is 0.585. The summed E-state index contributed by atoms with van der Waals surface area (Å²) in [5.41, 5.74) is 3.93. The molecule has 0 saturated heterocycles. The van der Waals surface area contributed by atoms with Crippen LogP contribution in [0.4, 0.5) is 10.8 Å². The van der Waals surface area contributed by atoms with Crippen molar-refractivity contribution in [2.24, 2.45) is 0 Å². The molecule has 0 bridgehead atoms. The van der Waals surface area contributed by atoms with Crippen molar-refractivity contribution in [3.05, 3.63) is 60.0 Å². The standard InChI is InChI=1S/C16H12N6S/c1-2-4-13(5-3-1)17-16-18-14(10-23-16)11-6-8-12(9-7-11)15-19-21-22-20-15/h1-10H,(H,17,18)(H,19,20,21,22). The Balaban J connectivity index is 1.54. The Bertz CT molecular complexity index is 884. The van der Waals surface area contributed by atoms with Crippen LogP contribution in [-0.4, -0.2) is 25.6 Å². The topological polar surface area (TPSA) is 79.4 Å². The summed E-state index contributed by atoms with van der Waals surface area (Å²) in [6.07, 6.45) is 0. The van der Waals surface area contributed by atoms with E-state index < -0.39 is 0 Å². The van der Waals surface area contributed by atoms with Crippen molar-refractivity contribution in [1.29, 1.82) is 0 Å². The summed E-state index contributed by atoms with van der Waals surface area (Å²) in [5.74, 6) is 0.585. The summed E-state index contributed by atoms with van der Waals surface area (Å²) in [5, 5.41) is 20.2. The zero-order chi connectivity index (χ0) is 15.5. The van der Waals surface area contributed by atoms with Crippen LogP contribution >= 0.6 is 11.3 Å². The van der Waals surface area contributed by atoms with E-state index in [1.54, 1.807) is 11.3 Å². The van der Waals surface area contributed by atoms with Gasteiger partial charge >= 0.3 is 0 Å². The molecule has 2 aromatic heterocycles. The van der Waals surface area contributed by atoms with Crippen LogP contribution in [0.2, 0.25) is 0 Å². The smallest absolute Gasteiger partial charge is 0.204 e. The van der Waals surface area contributed by atoms with Gasteiger partial charge in [-0.25, -0.2) is 4.98 Å². The highest BCUT2D eigenvalue weighted by molar-refractivity contribution is 7.14. The molecular weight excluding hydrogens is 308 g/mol. The Morgan fingerprint density at radius 2 is 1.70 bits per heavy atom. The number of nitrogens with zero attached hydrogens (tertiary/aromatic N) is 4. The number of H-pyrrole nitrogens is 1. The molecule has 0 saturated carbocycles. The van der Waals surface area contributed by atoms with Gasteiger partial charge in [-0.05, 0) is 17.3 Å². The van der Waals surface area contributed by atoms with E-state index in [0.717, 1.165) is 27.6 Å². The fraction of sp³-hybridized carbons (Fsp3) is 0. The monoisotopic (exact) mass is 320 g/mol. The predicted molar refractivity (Wildman–Crippen MR) is 90.4 cm³/mol. The molecule has 0 aliphatic rings. The molecule has 23 heavy (non-hydrogen) atoms. The number of tetrazole rings is 1. The molecule has 0 atom stereocenters. The SMILES string of the molecule is c1ccc(Nc2nc(-c3ccc(-c4nn[nH]n4)cc3)cs2)cc1. The van der Waals surface area contributed by atoms with Gasteiger partial charge in [0.15, 0.2) is 5.13 Å². The van der Waals surface area contributed by atoms with Gasteiger partial charge in [-0.3, -0.25) is 0 Å². The molecule has 2 aromatic carbocycles. The summed E-state index contributed by atoms with van der Waals surface area (Å²) in [6, 6.07) is 17.9. The van der Waals surface area contributed by atoms with Crippen molar-refractivity contribution < 1.29 is 0 Å². The van der Waals surface area contributed by atoms with E-state index in [0.29, 0.717) is 5.82 Å². The number of benzene rings is 2. The third-order valence-electron chi connectivity index (χ3n) is 3.31. The highest BCUT2D eigenvalue weighted by Crippen LogP contribution is 2.28. The molecule has 0 radical (unpaired) electrons. The molecule has 4 rings (SSSR count). The van der Waals surface area contributed by atoms with Gasteiger partial charge < -0.3 is 5.32 Å².